The third-order valence-corrected chi connectivity index (χ3v) is 5.33. The number of rotatable bonds is 7. The number of benzene rings is 2. The highest BCUT2D eigenvalue weighted by Crippen LogP contribution is 2.34. The molecule has 0 saturated carbocycles. The molecule has 2 amide bonds. The number of amides is 2. The first-order valence-corrected chi connectivity index (χ1v) is 10.7. The van der Waals surface area contributed by atoms with Crippen molar-refractivity contribution in [2.45, 2.75) is 0 Å². The molecule has 1 fully saturated rings. The van der Waals surface area contributed by atoms with E-state index < -0.39 is 23.5 Å². The van der Waals surface area contributed by atoms with Gasteiger partial charge in [-0.2, -0.15) is 5.10 Å². The van der Waals surface area contributed by atoms with Gasteiger partial charge in [0, 0.05) is 44.0 Å². The van der Waals surface area contributed by atoms with Crippen LogP contribution in [0.3, 0.4) is 0 Å². The second-order valence-corrected chi connectivity index (χ2v) is 7.68. The molecule has 0 unspecified atom stereocenters. The van der Waals surface area contributed by atoms with Crippen LogP contribution >= 0.6 is 0 Å². The smallest absolute Gasteiger partial charge is 0.323 e. The first-order valence-electron chi connectivity index (χ1n) is 10.7. The van der Waals surface area contributed by atoms with Crippen molar-refractivity contribution < 1.29 is 27.4 Å². The molecular weight excluding hydrogens is 451 g/mol. The third-order valence-electron chi connectivity index (χ3n) is 5.33. The normalized spacial score (nSPS) is 14.1. The Balaban J connectivity index is 1.51. The molecule has 1 saturated heterocycles. The summed E-state index contributed by atoms with van der Waals surface area (Å²) < 4.78 is 54.1. The van der Waals surface area contributed by atoms with Crippen LogP contribution in [0.4, 0.5) is 29.3 Å². The second kappa shape index (κ2) is 10.6. The first kappa shape index (κ1) is 23.6. The van der Waals surface area contributed by atoms with Gasteiger partial charge in [-0.15, -0.1) is 0 Å². The van der Waals surface area contributed by atoms with Crippen LogP contribution in [0.5, 0.6) is 5.75 Å². The average molecular weight is 475 g/mol. The van der Waals surface area contributed by atoms with Crippen LogP contribution in [-0.4, -0.2) is 60.2 Å². The Morgan fingerprint density at radius 3 is 2.59 bits per heavy atom. The van der Waals surface area contributed by atoms with Crippen molar-refractivity contribution in [3.63, 3.8) is 0 Å². The number of urea groups is 1. The van der Waals surface area contributed by atoms with Crippen molar-refractivity contribution in [3.8, 4) is 17.0 Å². The number of nitrogens with zero attached hydrogens (tertiary/aromatic N) is 3. The monoisotopic (exact) mass is 475 g/mol. The van der Waals surface area contributed by atoms with Crippen LogP contribution in [0, 0.1) is 17.5 Å². The molecule has 2 aromatic carbocycles. The van der Waals surface area contributed by atoms with Gasteiger partial charge in [0.15, 0.2) is 5.82 Å². The van der Waals surface area contributed by atoms with Gasteiger partial charge in [0.2, 0.25) is 0 Å². The Morgan fingerprint density at radius 2 is 1.88 bits per heavy atom. The quantitative estimate of drug-likeness (QED) is 0.543. The van der Waals surface area contributed by atoms with Gasteiger partial charge in [-0.05, 0) is 30.3 Å². The zero-order valence-electron chi connectivity index (χ0n) is 18.5. The second-order valence-electron chi connectivity index (χ2n) is 7.68. The summed E-state index contributed by atoms with van der Waals surface area (Å²) >= 11 is 0. The van der Waals surface area contributed by atoms with E-state index in [1.54, 1.807) is 25.2 Å². The lowest BCUT2D eigenvalue weighted by molar-refractivity contribution is 0.0323. The predicted octanol–water partition coefficient (Wildman–Crippen LogP) is 3.86. The fraction of sp³-hybridized carbons (Fsp3) is 0.304. The lowest BCUT2D eigenvalue weighted by Crippen LogP contribution is -2.38. The lowest BCUT2D eigenvalue weighted by atomic mass is 10.1. The van der Waals surface area contributed by atoms with Crippen LogP contribution in [0.15, 0.2) is 42.6 Å². The molecule has 8 nitrogen and oxygen atoms in total. The molecular formula is C23H24F3N5O3. The molecule has 0 spiro atoms. The number of carbonyl (C=O) groups excluding carboxylic acids is 1. The van der Waals surface area contributed by atoms with Gasteiger partial charge in [-0.25, -0.2) is 18.0 Å². The molecule has 0 radical (unpaired) electrons. The summed E-state index contributed by atoms with van der Waals surface area (Å²) in [7, 11) is 1.60. The average Bonchev–Trinajstić information content (AvgIpc) is 3.15. The van der Waals surface area contributed by atoms with Crippen molar-refractivity contribution >= 4 is 17.4 Å². The first-order chi connectivity index (χ1) is 16.4. The number of hydrogen-bond donors (Lipinski definition) is 2. The summed E-state index contributed by atoms with van der Waals surface area (Å²) in [4.78, 5) is 14.6. The number of aryl methyl sites for hydroxylation is 1. The Kier molecular flexibility index (Phi) is 7.33. The van der Waals surface area contributed by atoms with E-state index in [1.165, 1.54) is 4.68 Å². The number of carbonyl (C=O) groups is 1. The SMILES string of the molecule is Cn1ncc(F)c1-c1cc(NC(=O)Nc2ccc(F)cc2F)ccc1OCCN1CCOCC1. The van der Waals surface area contributed by atoms with Gasteiger partial charge >= 0.3 is 6.03 Å². The van der Waals surface area contributed by atoms with Gasteiger partial charge < -0.3 is 20.1 Å². The number of nitrogens with one attached hydrogen (secondary N) is 2. The highest BCUT2D eigenvalue weighted by Gasteiger charge is 2.18. The van der Waals surface area contributed by atoms with E-state index in [9.17, 15) is 18.0 Å². The maximum atomic E-state index is 14.5. The van der Waals surface area contributed by atoms with Crippen LogP contribution in [0.1, 0.15) is 0 Å². The molecule has 1 aromatic heterocycles. The minimum atomic E-state index is -0.906. The lowest BCUT2D eigenvalue weighted by Gasteiger charge is -2.26. The van der Waals surface area contributed by atoms with Crippen molar-refractivity contribution in [1.82, 2.24) is 14.7 Å². The minimum Gasteiger partial charge on any atom is -0.492 e. The highest BCUT2D eigenvalue weighted by atomic mass is 19.1. The Bertz CT molecular complexity index is 1150. The van der Waals surface area contributed by atoms with Crippen molar-refractivity contribution in [3.05, 3.63) is 60.0 Å². The van der Waals surface area contributed by atoms with E-state index in [-0.39, 0.29) is 11.4 Å². The van der Waals surface area contributed by atoms with E-state index in [1.807, 2.05) is 0 Å². The molecule has 180 valence electrons. The highest BCUT2D eigenvalue weighted by molar-refractivity contribution is 6.00. The summed E-state index contributed by atoms with van der Waals surface area (Å²) in [6.07, 6.45) is 1.09. The van der Waals surface area contributed by atoms with E-state index in [4.69, 9.17) is 9.47 Å². The van der Waals surface area contributed by atoms with Gasteiger partial charge in [0.05, 0.1) is 25.1 Å². The maximum Gasteiger partial charge on any atom is 0.323 e. The summed E-state index contributed by atoms with van der Waals surface area (Å²) in [5.41, 5.74) is 0.719. The van der Waals surface area contributed by atoms with Gasteiger partial charge in [0.1, 0.15) is 29.7 Å². The largest absolute Gasteiger partial charge is 0.492 e. The van der Waals surface area contributed by atoms with Gasteiger partial charge in [-0.1, -0.05) is 0 Å². The molecule has 34 heavy (non-hydrogen) atoms. The van der Waals surface area contributed by atoms with Crippen LogP contribution in [0.25, 0.3) is 11.3 Å². The molecule has 1 aliphatic heterocycles. The predicted molar refractivity (Wildman–Crippen MR) is 120 cm³/mol. The number of aromatic nitrogens is 2. The molecule has 2 N–H and O–H groups in total. The fourth-order valence-electron chi connectivity index (χ4n) is 3.62. The van der Waals surface area contributed by atoms with E-state index >= 15 is 0 Å². The summed E-state index contributed by atoms with van der Waals surface area (Å²) in [6.45, 7) is 4.05. The van der Waals surface area contributed by atoms with E-state index in [0.717, 1.165) is 31.4 Å². The van der Waals surface area contributed by atoms with Crippen molar-refractivity contribution in [2.24, 2.45) is 7.05 Å². The summed E-state index contributed by atoms with van der Waals surface area (Å²) in [5.74, 6) is -1.78. The fourth-order valence-corrected chi connectivity index (χ4v) is 3.62. The molecule has 0 aliphatic carbocycles. The molecule has 0 atom stereocenters. The van der Waals surface area contributed by atoms with Crippen LogP contribution in [0.2, 0.25) is 0 Å². The van der Waals surface area contributed by atoms with Gasteiger partial charge in [-0.3, -0.25) is 9.58 Å². The van der Waals surface area contributed by atoms with Crippen LogP contribution in [-0.2, 0) is 11.8 Å². The Hall–Kier alpha value is -3.57. The molecule has 4 rings (SSSR count). The molecule has 0 bridgehead atoms. The number of ether oxygens (including phenoxy) is 2. The number of morpholine rings is 1. The Labute approximate surface area is 194 Å². The molecule has 1 aliphatic rings. The Morgan fingerprint density at radius 1 is 1.09 bits per heavy atom. The third kappa shape index (κ3) is 5.67. The maximum absolute atomic E-state index is 14.5. The van der Waals surface area contributed by atoms with Gasteiger partial charge in [0.25, 0.3) is 0 Å². The molecule has 2 heterocycles. The number of anilines is 2. The standard InChI is InChI=1S/C23H24F3N5O3/c1-30-22(19(26)14-27-30)17-13-16(28-23(32)29-20-4-2-15(24)12-18(20)25)3-5-21(17)34-11-8-31-6-9-33-10-7-31/h2-5,12-14H,6-11H2,1H3,(H2,28,29,32). The summed E-state index contributed by atoms with van der Waals surface area (Å²) in [5, 5.41) is 8.83. The molecule has 3 aromatic rings. The number of halogens is 3. The summed E-state index contributed by atoms with van der Waals surface area (Å²) in [6, 6.07) is 6.82. The van der Waals surface area contributed by atoms with Crippen molar-refractivity contribution in [2.75, 3.05) is 50.1 Å². The number of hydrogen-bond acceptors (Lipinski definition) is 5. The zero-order valence-corrected chi connectivity index (χ0v) is 18.5. The minimum absolute atomic E-state index is 0.181. The van der Waals surface area contributed by atoms with E-state index in [0.29, 0.717) is 49.4 Å². The zero-order chi connectivity index (χ0) is 24.1. The van der Waals surface area contributed by atoms with Crippen molar-refractivity contribution in [1.29, 1.82) is 0 Å². The topological polar surface area (TPSA) is 80.7 Å². The molecule has 11 heteroatoms. The van der Waals surface area contributed by atoms with Crippen LogP contribution < -0.4 is 15.4 Å². The van der Waals surface area contributed by atoms with E-state index in [2.05, 4.69) is 20.6 Å².